The van der Waals surface area contributed by atoms with Crippen molar-refractivity contribution in [3.63, 3.8) is 0 Å². The maximum atomic E-state index is 12.9. The fourth-order valence-electron chi connectivity index (χ4n) is 2.67. The number of halogens is 3. The molecule has 0 amide bonds. The first-order valence-corrected chi connectivity index (χ1v) is 7.66. The van der Waals surface area contributed by atoms with Crippen LogP contribution in [0.4, 0.5) is 30.6 Å². The highest BCUT2D eigenvalue weighted by molar-refractivity contribution is 5.58. The molecule has 0 bridgehead atoms. The van der Waals surface area contributed by atoms with Crippen LogP contribution in [0.1, 0.15) is 30.5 Å². The number of hydrogen-bond donors (Lipinski definition) is 2. The predicted molar refractivity (Wildman–Crippen MR) is 84.3 cm³/mol. The molecule has 1 saturated carbocycles. The van der Waals surface area contributed by atoms with Crippen molar-refractivity contribution in [2.75, 3.05) is 17.7 Å². The Morgan fingerprint density at radius 1 is 1.36 bits per heavy atom. The van der Waals surface area contributed by atoms with Gasteiger partial charge in [0.25, 0.3) is 0 Å². The highest BCUT2D eigenvalue weighted by Gasteiger charge is 2.40. The minimum Gasteiger partial charge on any atom is -0.372 e. The zero-order valence-corrected chi connectivity index (χ0v) is 13.6. The van der Waals surface area contributed by atoms with E-state index in [4.69, 9.17) is 0 Å². The Balaban J connectivity index is 1.88. The van der Waals surface area contributed by atoms with E-state index in [0.29, 0.717) is 11.4 Å². The maximum Gasteiger partial charge on any atom is 0.421 e. The zero-order chi connectivity index (χ0) is 18.2. The lowest BCUT2D eigenvalue weighted by Crippen LogP contribution is -2.39. The van der Waals surface area contributed by atoms with Crippen molar-refractivity contribution in [2.45, 2.75) is 37.9 Å². The fourth-order valence-corrected chi connectivity index (χ4v) is 2.67. The Hall–Kier alpha value is -2.83. The Labute approximate surface area is 141 Å². The summed E-state index contributed by atoms with van der Waals surface area (Å²) in [6.07, 6.45) is 0.265. The largest absolute Gasteiger partial charge is 0.421 e. The maximum absolute atomic E-state index is 12.9. The van der Waals surface area contributed by atoms with Crippen LogP contribution >= 0.6 is 0 Å². The van der Waals surface area contributed by atoms with Crippen molar-refractivity contribution in [1.82, 2.24) is 19.7 Å². The Bertz CT molecular complexity index is 831. The number of aryl methyl sites for hydroxylation is 1. The summed E-state index contributed by atoms with van der Waals surface area (Å²) >= 11 is 0. The van der Waals surface area contributed by atoms with Crippen molar-refractivity contribution >= 4 is 17.5 Å². The molecule has 2 heterocycles. The first-order valence-electron chi connectivity index (χ1n) is 7.66. The van der Waals surface area contributed by atoms with Gasteiger partial charge in [0, 0.05) is 13.2 Å². The van der Waals surface area contributed by atoms with Crippen LogP contribution in [-0.2, 0) is 11.7 Å². The summed E-state index contributed by atoms with van der Waals surface area (Å²) in [6.45, 7) is 1.74. The highest BCUT2D eigenvalue weighted by Crippen LogP contribution is 2.39. The molecule has 2 aromatic heterocycles. The number of alkyl halides is 3. The molecular formula is C15H16F3N7. The quantitative estimate of drug-likeness (QED) is 0.879. The molecule has 0 aromatic carbocycles. The molecule has 2 N–H and O–H groups in total. The van der Waals surface area contributed by atoms with E-state index >= 15 is 0 Å². The molecule has 1 fully saturated rings. The van der Waals surface area contributed by atoms with Gasteiger partial charge in [0.2, 0.25) is 5.95 Å². The van der Waals surface area contributed by atoms with E-state index in [-0.39, 0.29) is 11.8 Å². The minimum absolute atomic E-state index is 0.0135. The summed E-state index contributed by atoms with van der Waals surface area (Å²) < 4.78 is 40.3. The Morgan fingerprint density at radius 2 is 2.08 bits per heavy atom. The SMILES string of the molecule is CNc1nc(Nc2cn(C3(C#N)CCC3)nc2C)ncc1C(F)(F)F. The molecule has 132 valence electrons. The number of nitrogens with one attached hydrogen (secondary N) is 2. The van der Waals surface area contributed by atoms with Gasteiger partial charge < -0.3 is 10.6 Å². The molecule has 0 saturated heterocycles. The second-order valence-electron chi connectivity index (χ2n) is 5.90. The summed E-state index contributed by atoms with van der Waals surface area (Å²) in [4.78, 5) is 7.60. The molecule has 10 heteroatoms. The summed E-state index contributed by atoms with van der Waals surface area (Å²) in [6, 6.07) is 2.28. The summed E-state index contributed by atoms with van der Waals surface area (Å²) in [5.41, 5.74) is -0.424. The molecule has 0 unspecified atom stereocenters. The first kappa shape index (κ1) is 17.0. The molecule has 25 heavy (non-hydrogen) atoms. The number of hydrogen-bond acceptors (Lipinski definition) is 6. The lowest BCUT2D eigenvalue weighted by atomic mass is 9.78. The topological polar surface area (TPSA) is 91.5 Å². The number of nitrogens with zero attached hydrogens (tertiary/aromatic N) is 5. The van der Waals surface area contributed by atoms with E-state index in [9.17, 15) is 18.4 Å². The molecule has 0 radical (unpaired) electrons. The molecular weight excluding hydrogens is 335 g/mol. The number of rotatable bonds is 4. The van der Waals surface area contributed by atoms with E-state index < -0.39 is 17.3 Å². The molecule has 2 aromatic rings. The average Bonchev–Trinajstić information content (AvgIpc) is 2.86. The third-order valence-corrected chi connectivity index (χ3v) is 4.30. The molecule has 7 nitrogen and oxygen atoms in total. The van der Waals surface area contributed by atoms with Gasteiger partial charge in [-0.2, -0.15) is 28.5 Å². The number of anilines is 3. The minimum atomic E-state index is -4.54. The molecule has 1 aliphatic rings. The van der Waals surface area contributed by atoms with Gasteiger partial charge >= 0.3 is 6.18 Å². The lowest BCUT2D eigenvalue weighted by molar-refractivity contribution is -0.137. The predicted octanol–water partition coefficient (Wildman–Crippen LogP) is 3.19. The molecule has 1 aliphatic carbocycles. The second-order valence-corrected chi connectivity index (χ2v) is 5.90. The van der Waals surface area contributed by atoms with E-state index in [1.807, 2.05) is 0 Å². The van der Waals surface area contributed by atoms with Crippen LogP contribution < -0.4 is 10.6 Å². The van der Waals surface area contributed by atoms with Crippen LogP contribution in [0.5, 0.6) is 0 Å². The van der Waals surface area contributed by atoms with Gasteiger partial charge in [-0.15, -0.1) is 0 Å². The van der Waals surface area contributed by atoms with E-state index in [0.717, 1.165) is 25.5 Å². The normalized spacial score (nSPS) is 16.0. The third-order valence-electron chi connectivity index (χ3n) is 4.30. The highest BCUT2D eigenvalue weighted by atomic mass is 19.4. The van der Waals surface area contributed by atoms with Gasteiger partial charge in [-0.1, -0.05) is 0 Å². The summed E-state index contributed by atoms with van der Waals surface area (Å²) in [5.74, 6) is -0.304. The van der Waals surface area contributed by atoms with Gasteiger partial charge in [-0.05, 0) is 26.2 Å². The van der Waals surface area contributed by atoms with Gasteiger partial charge in [-0.3, -0.25) is 4.68 Å². The van der Waals surface area contributed by atoms with Crippen molar-refractivity contribution in [1.29, 1.82) is 5.26 Å². The first-order chi connectivity index (χ1) is 11.8. The van der Waals surface area contributed by atoms with Gasteiger partial charge in [-0.25, -0.2) is 4.98 Å². The Kier molecular flexibility index (Phi) is 4.02. The van der Waals surface area contributed by atoms with Crippen LogP contribution in [0.15, 0.2) is 12.4 Å². The van der Waals surface area contributed by atoms with E-state index in [2.05, 4.69) is 31.8 Å². The number of aromatic nitrogens is 4. The van der Waals surface area contributed by atoms with Crippen molar-refractivity contribution in [3.05, 3.63) is 23.7 Å². The second kappa shape index (κ2) is 5.91. The summed E-state index contributed by atoms with van der Waals surface area (Å²) in [5, 5.41) is 19.0. The van der Waals surface area contributed by atoms with E-state index in [1.165, 1.54) is 7.05 Å². The molecule has 0 spiro atoms. The zero-order valence-electron chi connectivity index (χ0n) is 13.6. The van der Waals surface area contributed by atoms with E-state index in [1.54, 1.807) is 17.8 Å². The molecule has 0 atom stereocenters. The average molecular weight is 351 g/mol. The van der Waals surface area contributed by atoms with Crippen LogP contribution in [-0.4, -0.2) is 26.8 Å². The van der Waals surface area contributed by atoms with Crippen LogP contribution in [0.2, 0.25) is 0 Å². The van der Waals surface area contributed by atoms with Crippen molar-refractivity contribution in [3.8, 4) is 6.07 Å². The van der Waals surface area contributed by atoms with Crippen LogP contribution in [0.3, 0.4) is 0 Å². The Morgan fingerprint density at radius 3 is 2.60 bits per heavy atom. The van der Waals surface area contributed by atoms with Crippen molar-refractivity contribution < 1.29 is 13.2 Å². The van der Waals surface area contributed by atoms with Crippen LogP contribution in [0, 0.1) is 18.3 Å². The molecule has 3 rings (SSSR count). The smallest absolute Gasteiger partial charge is 0.372 e. The van der Waals surface area contributed by atoms with Gasteiger partial charge in [0.05, 0.1) is 23.6 Å². The summed E-state index contributed by atoms with van der Waals surface area (Å²) in [7, 11) is 1.36. The standard InChI is InChI=1S/C15H16F3N7/c1-9-11(7-25(24-9)14(8-19)4-3-5-14)22-13-21-6-10(15(16,17)18)12(20-2)23-13/h6-7H,3-5H2,1-2H3,(H2,20,21,22,23). The van der Waals surface area contributed by atoms with Gasteiger partial charge in [0.15, 0.2) is 0 Å². The van der Waals surface area contributed by atoms with Crippen LogP contribution in [0.25, 0.3) is 0 Å². The monoisotopic (exact) mass is 351 g/mol. The van der Waals surface area contributed by atoms with Gasteiger partial charge in [0.1, 0.15) is 16.9 Å². The molecule has 0 aliphatic heterocycles. The lowest BCUT2D eigenvalue weighted by Gasteiger charge is -2.35. The number of nitriles is 1. The van der Waals surface area contributed by atoms with Crippen molar-refractivity contribution in [2.24, 2.45) is 0 Å². The third kappa shape index (κ3) is 2.97. The fraction of sp³-hybridized carbons (Fsp3) is 0.467.